The molecule has 2 aromatic rings. The van der Waals surface area contributed by atoms with Crippen LogP contribution in [-0.2, 0) is 14.8 Å². The van der Waals surface area contributed by atoms with Crippen molar-refractivity contribution in [2.24, 2.45) is 0 Å². The summed E-state index contributed by atoms with van der Waals surface area (Å²) in [7, 11) is -3.67. The molecule has 1 aliphatic rings. The number of sulfonamides is 1. The summed E-state index contributed by atoms with van der Waals surface area (Å²) >= 11 is 0. The Morgan fingerprint density at radius 2 is 2.12 bits per heavy atom. The lowest BCUT2D eigenvalue weighted by Crippen LogP contribution is -2.49. The fourth-order valence-electron chi connectivity index (χ4n) is 2.93. The summed E-state index contributed by atoms with van der Waals surface area (Å²) in [5.41, 5.74) is 0.787. The number of alkyl carbamates (subject to hydrolysis) is 1. The van der Waals surface area contributed by atoms with Crippen LogP contribution in [0, 0.1) is 0 Å². The number of hydrogen-bond acceptors (Lipinski definition) is 5. The van der Waals surface area contributed by atoms with Gasteiger partial charge in [-0.15, -0.1) is 0 Å². The van der Waals surface area contributed by atoms with Gasteiger partial charge in [-0.25, -0.2) is 17.9 Å². The van der Waals surface area contributed by atoms with Crippen molar-refractivity contribution in [3.05, 3.63) is 42.7 Å². The molecule has 1 aliphatic heterocycles. The molecule has 0 radical (unpaired) electrons. The topological polar surface area (TPSA) is 93.5 Å². The molecule has 0 spiro atoms. The van der Waals surface area contributed by atoms with Crippen LogP contribution in [0.25, 0.3) is 5.69 Å². The van der Waals surface area contributed by atoms with Crippen molar-refractivity contribution in [1.82, 2.24) is 19.4 Å². The average molecular weight is 378 g/mol. The van der Waals surface area contributed by atoms with Crippen LogP contribution in [0.4, 0.5) is 4.79 Å². The number of aromatic nitrogens is 2. The molecule has 2 heterocycles. The Morgan fingerprint density at radius 1 is 1.35 bits per heavy atom. The summed E-state index contributed by atoms with van der Waals surface area (Å²) in [4.78, 5) is 11.7. The minimum absolute atomic E-state index is 0.137. The lowest BCUT2D eigenvalue weighted by molar-refractivity contribution is 0.142. The minimum atomic E-state index is -3.67. The standard InChI is InChI=1S/C17H22N4O4S/c1-2-25-17(22)19-14-7-6-10-20(12-14)26(23,24)16-11-18-21(13-16)15-8-4-3-5-9-15/h3-5,8-9,11,13-14H,2,6-7,10,12H2,1H3,(H,19,22)/t14-/m0/s1. The number of rotatable bonds is 5. The molecule has 1 N–H and O–H groups in total. The van der Waals surface area contributed by atoms with Crippen molar-refractivity contribution >= 4 is 16.1 Å². The number of carbonyl (C=O) groups excluding carboxylic acids is 1. The number of nitrogens with zero attached hydrogens (tertiary/aromatic N) is 3. The first-order valence-corrected chi connectivity index (χ1v) is 9.98. The molecule has 9 heteroatoms. The monoisotopic (exact) mass is 378 g/mol. The molecule has 0 aliphatic carbocycles. The predicted octanol–water partition coefficient (Wildman–Crippen LogP) is 1.77. The number of nitrogens with one attached hydrogen (secondary N) is 1. The minimum Gasteiger partial charge on any atom is -0.450 e. The van der Waals surface area contributed by atoms with Crippen LogP contribution in [0.15, 0.2) is 47.6 Å². The highest BCUT2D eigenvalue weighted by Crippen LogP contribution is 2.21. The van der Waals surface area contributed by atoms with Gasteiger partial charge < -0.3 is 10.1 Å². The van der Waals surface area contributed by atoms with E-state index < -0.39 is 16.1 Å². The Balaban J connectivity index is 1.73. The Labute approximate surface area is 152 Å². The van der Waals surface area contributed by atoms with Crippen LogP contribution in [0.5, 0.6) is 0 Å². The van der Waals surface area contributed by atoms with E-state index in [4.69, 9.17) is 4.74 Å². The normalized spacial score (nSPS) is 18.4. The molecule has 1 fully saturated rings. The van der Waals surface area contributed by atoms with Crippen molar-refractivity contribution in [2.45, 2.75) is 30.7 Å². The van der Waals surface area contributed by atoms with E-state index in [0.717, 1.165) is 5.69 Å². The first kappa shape index (κ1) is 18.4. The Bertz CT molecular complexity index is 851. The second-order valence-electron chi connectivity index (χ2n) is 6.02. The maximum Gasteiger partial charge on any atom is 0.407 e. The molecule has 140 valence electrons. The van der Waals surface area contributed by atoms with Crippen LogP contribution in [0.2, 0.25) is 0 Å². The third-order valence-corrected chi connectivity index (χ3v) is 6.02. The van der Waals surface area contributed by atoms with Crippen molar-refractivity contribution in [3.8, 4) is 5.69 Å². The van der Waals surface area contributed by atoms with Crippen LogP contribution in [0.1, 0.15) is 19.8 Å². The first-order chi connectivity index (χ1) is 12.5. The summed E-state index contributed by atoms with van der Waals surface area (Å²) in [6, 6.07) is 9.05. The zero-order valence-corrected chi connectivity index (χ0v) is 15.4. The van der Waals surface area contributed by atoms with Crippen molar-refractivity contribution in [3.63, 3.8) is 0 Å². The maximum absolute atomic E-state index is 12.9. The fourth-order valence-corrected chi connectivity index (χ4v) is 4.39. The van der Waals surface area contributed by atoms with E-state index in [1.165, 1.54) is 21.4 Å². The summed E-state index contributed by atoms with van der Waals surface area (Å²) in [6.45, 7) is 2.64. The zero-order valence-electron chi connectivity index (χ0n) is 14.5. The Kier molecular flexibility index (Phi) is 5.58. The van der Waals surface area contributed by atoms with Crippen molar-refractivity contribution in [1.29, 1.82) is 0 Å². The second kappa shape index (κ2) is 7.88. The maximum atomic E-state index is 12.9. The number of benzene rings is 1. The molecule has 3 rings (SSSR count). The molecule has 1 saturated heterocycles. The van der Waals surface area contributed by atoms with E-state index in [2.05, 4.69) is 10.4 Å². The van der Waals surface area contributed by atoms with Gasteiger partial charge in [-0.2, -0.15) is 9.40 Å². The van der Waals surface area contributed by atoms with Crippen LogP contribution >= 0.6 is 0 Å². The highest BCUT2D eigenvalue weighted by atomic mass is 32.2. The third kappa shape index (κ3) is 4.05. The van der Waals surface area contributed by atoms with E-state index in [1.54, 1.807) is 6.92 Å². The SMILES string of the molecule is CCOC(=O)N[C@H]1CCCN(S(=O)(=O)c2cnn(-c3ccccc3)c2)C1. The molecule has 1 aromatic carbocycles. The molecule has 0 saturated carbocycles. The van der Waals surface area contributed by atoms with E-state index in [1.807, 2.05) is 30.3 Å². The molecular weight excluding hydrogens is 356 g/mol. The Morgan fingerprint density at radius 3 is 2.85 bits per heavy atom. The van der Waals surface area contributed by atoms with E-state index in [0.29, 0.717) is 19.4 Å². The van der Waals surface area contributed by atoms with Crippen LogP contribution < -0.4 is 5.32 Å². The highest BCUT2D eigenvalue weighted by molar-refractivity contribution is 7.89. The van der Waals surface area contributed by atoms with Gasteiger partial charge in [-0.3, -0.25) is 0 Å². The van der Waals surface area contributed by atoms with E-state index in [-0.39, 0.29) is 24.1 Å². The van der Waals surface area contributed by atoms with Gasteiger partial charge in [-0.05, 0) is 31.9 Å². The fraction of sp³-hybridized carbons (Fsp3) is 0.412. The van der Waals surface area contributed by atoms with Gasteiger partial charge in [0.2, 0.25) is 10.0 Å². The zero-order chi connectivity index (χ0) is 18.6. The van der Waals surface area contributed by atoms with Crippen molar-refractivity contribution < 1.29 is 17.9 Å². The summed E-state index contributed by atoms with van der Waals surface area (Å²) in [5, 5.41) is 6.88. The van der Waals surface area contributed by atoms with Gasteiger partial charge in [0.05, 0.1) is 24.7 Å². The average Bonchev–Trinajstić information content (AvgIpc) is 3.14. The second-order valence-corrected chi connectivity index (χ2v) is 7.96. The van der Waals surface area contributed by atoms with Gasteiger partial charge in [0.25, 0.3) is 0 Å². The largest absolute Gasteiger partial charge is 0.450 e. The highest BCUT2D eigenvalue weighted by Gasteiger charge is 2.32. The quantitative estimate of drug-likeness (QED) is 0.856. The number of piperidine rings is 1. The summed E-state index contributed by atoms with van der Waals surface area (Å²) < 4.78 is 33.6. The number of amides is 1. The molecule has 1 atom stereocenters. The third-order valence-electron chi connectivity index (χ3n) is 4.20. The molecular formula is C17H22N4O4S. The molecule has 0 unspecified atom stereocenters. The molecule has 1 amide bonds. The number of para-hydroxylation sites is 1. The van der Waals surface area contributed by atoms with Crippen molar-refractivity contribution in [2.75, 3.05) is 19.7 Å². The lowest BCUT2D eigenvalue weighted by atomic mass is 10.1. The van der Waals surface area contributed by atoms with Gasteiger partial charge in [0, 0.05) is 19.1 Å². The van der Waals surface area contributed by atoms with E-state index >= 15 is 0 Å². The van der Waals surface area contributed by atoms with Gasteiger partial charge in [0.15, 0.2) is 0 Å². The van der Waals surface area contributed by atoms with Crippen LogP contribution in [-0.4, -0.2) is 54.3 Å². The number of ether oxygens (including phenoxy) is 1. The van der Waals surface area contributed by atoms with Gasteiger partial charge in [-0.1, -0.05) is 18.2 Å². The summed E-state index contributed by atoms with van der Waals surface area (Å²) in [6.07, 6.45) is 3.73. The predicted molar refractivity (Wildman–Crippen MR) is 95.5 cm³/mol. The summed E-state index contributed by atoms with van der Waals surface area (Å²) in [5.74, 6) is 0. The first-order valence-electron chi connectivity index (χ1n) is 8.54. The number of hydrogen-bond donors (Lipinski definition) is 1. The van der Waals surface area contributed by atoms with E-state index in [9.17, 15) is 13.2 Å². The molecule has 0 bridgehead atoms. The van der Waals surface area contributed by atoms with Crippen LogP contribution in [0.3, 0.4) is 0 Å². The number of carbonyl (C=O) groups is 1. The van der Waals surface area contributed by atoms with Gasteiger partial charge in [0.1, 0.15) is 4.90 Å². The van der Waals surface area contributed by atoms with Gasteiger partial charge >= 0.3 is 6.09 Å². The smallest absolute Gasteiger partial charge is 0.407 e. The molecule has 8 nitrogen and oxygen atoms in total. The molecule has 26 heavy (non-hydrogen) atoms. The lowest BCUT2D eigenvalue weighted by Gasteiger charge is -2.31. The molecule has 1 aromatic heterocycles. The Hall–Kier alpha value is -2.39.